The van der Waals surface area contributed by atoms with E-state index in [-0.39, 0.29) is 24.5 Å². The molecule has 0 saturated carbocycles. The fraction of sp³-hybridized carbons (Fsp3) is 0.227. The van der Waals surface area contributed by atoms with E-state index in [9.17, 15) is 14.4 Å². The van der Waals surface area contributed by atoms with Gasteiger partial charge in [-0.25, -0.2) is 4.79 Å². The standard InChI is InChI=1S/C22H20ClNO6/c1-12-4-5-14(23)8-18(12)24-20(25)11-29-15-6-7-16-13(2)17(10-21(26)28-3)22(27)30-19(16)9-15/h4-9H,10-11H2,1-3H3,(H,24,25). The highest BCUT2D eigenvalue weighted by Gasteiger charge is 2.16. The summed E-state index contributed by atoms with van der Waals surface area (Å²) in [5.74, 6) is -0.513. The Bertz CT molecular complexity index is 1180. The van der Waals surface area contributed by atoms with Gasteiger partial charge in [0.2, 0.25) is 0 Å². The van der Waals surface area contributed by atoms with Crippen LogP contribution in [0.15, 0.2) is 45.6 Å². The van der Waals surface area contributed by atoms with E-state index in [4.69, 9.17) is 20.8 Å². The summed E-state index contributed by atoms with van der Waals surface area (Å²) >= 11 is 5.96. The number of ether oxygens (including phenoxy) is 2. The minimum Gasteiger partial charge on any atom is -0.484 e. The number of aryl methyl sites for hydroxylation is 2. The number of anilines is 1. The van der Waals surface area contributed by atoms with E-state index in [1.807, 2.05) is 6.92 Å². The molecule has 1 aromatic heterocycles. The topological polar surface area (TPSA) is 94.8 Å². The van der Waals surface area contributed by atoms with E-state index in [0.717, 1.165) is 5.56 Å². The predicted molar refractivity (Wildman–Crippen MR) is 113 cm³/mol. The molecule has 0 aliphatic heterocycles. The van der Waals surface area contributed by atoms with Crippen molar-refractivity contribution in [2.75, 3.05) is 19.0 Å². The zero-order valence-corrected chi connectivity index (χ0v) is 17.5. The minimum absolute atomic E-state index is 0.165. The number of benzene rings is 2. The van der Waals surface area contributed by atoms with Gasteiger partial charge < -0.3 is 19.2 Å². The Hall–Kier alpha value is -3.32. The van der Waals surface area contributed by atoms with Crippen molar-refractivity contribution >= 4 is 40.1 Å². The molecule has 3 aromatic rings. The molecule has 8 heteroatoms. The normalized spacial score (nSPS) is 10.7. The molecule has 7 nitrogen and oxygen atoms in total. The molecule has 0 bridgehead atoms. The SMILES string of the molecule is COC(=O)Cc1c(C)c2ccc(OCC(=O)Nc3cc(Cl)ccc3C)cc2oc1=O. The van der Waals surface area contributed by atoms with Gasteiger partial charge in [-0.05, 0) is 49.2 Å². The summed E-state index contributed by atoms with van der Waals surface area (Å²) in [5.41, 5.74) is 2.05. The summed E-state index contributed by atoms with van der Waals surface area (Å²) in [4.78, 5) is 36.0. The molecule has 0 saturated heterocycles. The number of hydrogen-bond donors (Lipinski definition) is 1. The van der Waals surface area contributed by atoms with Crippen molar-refractivity contribution in [2.45, 2.75) is 20.3 Å². The number of carbonyl (C=O) groups is 2. The summed E-state index contributed by atoms with van der Waals surface area (Å²) in [7, 11) is 1.26. The maximum atomic E-state index is 12.3. The number of nitrogens with one attached hydrogen (secondary N) is 1. The van der Waals surface area contributed by atoms with Crippen LogP contribution in [0.4, 0.5) is 5.69 Å². The zero-order chi connectivity index (χ0) is 21.8. The first kappa shape index (κ1) is 21.4. The number of esters is 1. The summed E-state index contributed by atoms with van der Waals surface area (Å²) in [6.45, 7) is 3.36. The van der Waals surface area contributed by atoms with Crippen molar-refractivity contribution < 1.29 is 23.5 Å². The van der Waals surface area contributed by atoms with Gasteiger partial charge in [0.05, 0.1) is 19.1 Å². The Morgan fingerprint density at radius 3 is 2.63 bits per heavy atom. The molecule has 1 N–H and O–H groups in total. The number of carbonyl (C=O) groups excluding carboxylic acids is 2. The van der Waals surface area contributed by atoms with Crippen LogP contribution in [0, 0.1) is 13.8 Å². The molecule has 1 heterocycles. The van der Waals surface area contributed by atoms with E-state index >= 15 is 0 Å². The lowest BCUT2D eigenvalue weighted by molar-refractivity contribution is -0.139. The summed E-state index contributed by atoms with van der Waals surface area (Å²) in [5, 5.41) is 3.93. The van der Waals surface area contributed by atoms with Crippen molar-refractivity contribution in [3.63, 3.8) is 0 Å². The molecule has 0 atom stereocenters. The quantitative estimate of drug-likeness (QED) is 0.473. The summed E-state index contributed by atoms with van der Waals surface area (Å²) < 4.78 is 15.5. The molecule has 0 radical (unpaired) electrons. The fourth-order valence-electron chi connectivity index (χ4n) is 2.95. The third kappa shape index (κ3) is 4.80. The molecule has 30 heavy (non-hydrogen) atoms. The van der Waals surface area contributed by atoms with Gasteiger partial charge in [-0.15, -0.1) is 0 Å². The molecule has 3 rings (SSSR count). The zero-order valence-electron chi connectivity index (χ0n) is 16.7. The van der Waals surface area contributed by atoms with Gasteiger partial charge in [0, 0.05) is 22.2 Å². The number of rotatable bonds is 6. The Labute approximate surface area is 177 Å². The van der Waals surface area contributed by atoms with Crippen LogP contribution in [0.5, 0.6) is 5.75 Å². The Morgan fingerprint density at radius 1 is 1.13 bits per heavy atom. The van der Waals surface area contributed by atoms with Crippen LogP contribution in [0.1, 0.15) is 16.7 Å². The van der Waals surface area contributed by atoms with Crippen molar-refractivity contribution in [3.8, 4) is 5.75 Å². The number of methoxy groups -OCH3 is 1. The monoisotopic (exact) mass is 429 g/mol. The third-order valence-electron chi connectivity index (χ3n) is 4.65. The van der Waals surface area contributed by atoms with Gasteiger partial charge in [-0.2, -0.15) is 0 Å². The van der Waals surface area contributed by atoms with Gasteiger partial charge in [0.15, 0.2) is 6.61 Å². The molecular formula is C22H20ClNO6. The molecule has 0 aliphatic rings. The Kier molecular flexibility index (Phi) is 6.42. The smallest absolute Gasteiger partial charge is 0.340 e. The molecular weight excluding hydrogens is 410 g/mol. The average Bonchev–Trinajstić information content (AvgIpc) is 2.71. The van der Waals surface area contributed by atoms with Crippen LogP contribution in [0.2, 0.25) is 5.02 Å². The average molecular weight is 430 g/mol. The second-order valence-corrected chi connectivity index (χ2v) is 7.14. The lowest BCUT2D eigenvalue weighted by atomic mass is 10.0. The van der Waals surface area contributed by atoms with Gasteiger partial charge in [0.25, 0.3) is 5.91 Å². The van der Waals surface area contributed by atoms with Crippen molar-refractivity contribution in [3.05, 3.63) is 68.5 Å². The number of halogens is 1. The van der Waals surface area contributed by atoms with Gasteiger partial charge in [-0.1, -0.05) is 17.7 Å². The summed E-state index contributed by atoms with van der Waals surface area (Å²) in [6.07, 6.45) is -0.165. The first-order valence-electron chi connectivity index (χ1n) is 9.10. The van der Waals surface area contributed by atoms with E-state index in [2.05, 4.69) is 10.1 Å². The van der Waals surface area contributed by atoms with Crippen molar-refractivity contribution in [1.29, 1.82) is 0 Å². The van der Waals surface area contributed by atoms with Crippen LogP contribution in [-0.2, 0) is 20.7 Å². The Morgan fingerprint density at radius 2 is 1.90 bits per heavy atom. The predicted octanol–water partition coefficient (Wildman–Crippen LogP) is 3.80. The minimum atomic E-state index is -0.614. The molecule has 2 aromatic carbocycles. The van der Waals surface area contributed by atoms with Gasteiger partial charge in [0.1, 0.15) is 11.3 Å². The van der Waals surface area contributed by atoms with Crippen molar-refractivity contribution in [2.24, 2.45) is 0 Å². The Balaban J connectivity index is 1.75. The molecule has 0 aliphatic carbocycles. The van der Waals surface area contributed by atoms with Crippen LogP contribution >= 0.6 is 11.6 Å². The van der Waals surface area contributed by atoms with E-state index in [1.165, 1.54) is 13.2 Å². The van der Waals surface area contributed by atoms with Crippen LogP contribution in [0.25, 0.3) is 11.0 Å². The van der Waals surface area contributed by atoms with E-state index in [1.54, 1.807) is 37.3 Å². The molecule has 1 amide bonds. The second kappa shape index (κ2) is 9.00. The van der Waals surface area contributed by atoms with E-state index in [0.29, 0.717) is 33.0 Å². The van der Waals surface area contributed by atoms with Crippen LogP contribution < -0.4 is 15.7 Å². The fourth-order valence-corrected chi connectivity index (χ4v) is 3.12. The molecule has 0 fully saturated rings. The number of amides is 1. The lowest BCUT2D eigenvalue weighted by Gasteiger charge is -2.11. The molecule has 0 unspecified atom stereocenters. The first-order chi connectivity index (χ1) is 14.3. The molecule has 0 spiro atoms. The largest absolute Gasteiger partial charge is 0.484 e. The first-order valence-corrected chi connectivity index (χ1v) is 9.48. The highest BCUT2D eigenvalue weighted by molar-refractivity contribution is 6.31. The summed E-state index contributed by atoms with van der Waals surface area (Å²) in [6, 6.07) is 10.1. The van der Waals surface area contributed by atoms with Crippen LogP contribution in [-0.4, -0.2) is 25.6 Å². The maximum absolute atomic E-state index is 12.3. The molecule has 156 valence electrons. The second-order valence-electron chi connectivity index (χ2n) is 6.70. The third-order valence-corrected chi connectivity index (χ3v) is 4.89. The highest BCUT2D eigenvalue weighted by Crippen LogP contribution is 2.25. The van der Waals surface area contributed by atoms with Crippen molar-refractivity contribution in [1.82, 2.24) is 0 Å². The van der Waals surface area contributed by atoms with Crippen LogP contribution in [0.3, 0.4) is 0 Å². The number of hydrogen-bond acceptors (Lipinski definition) is 6. The van der Waals surface area contributed by atoms with E-state index < -0.39 is 11.6 Å². The highest BCUT2D eigenvalue weighted by atomic mass is 35.5. The van der Waals surface area contributed by atoms with Gasteiger partial charge in [-0.3, -0.25) is 9.59 Å². The maximum Gasteiger partial charge on any atom is 0.340 e. The number of fused-ring (bicyclic) bond motifs is 1. The van der Waals surface area contributed by atoms with Gasteiger partial charge >= 0.3 is 11.6 Å². The lowest BCUT2D eigenvalue weighted by Crippen LogP contribution is -2.20.